The maximum absolute atomic E-state index is 12.6. The Morgan fingerprint density at radius 1 is 0.243 bits per heavy atom. The Kier molecular flexibility index (Phi) is 50.4. The van der Waals surface area contributed by atoms with Crippen molar-refractivity contribution in [2.45, 2.75) is 315 Å². The van der Waals surface area contributed by atoms with E-state index in [4.69, 9.17) is 9.47 Å². The molecule has 14 aromatic carbocycles. The van der Waals surface area contributed by atoms with Crippen LogP contribution in [0.2, 0.25) is 0 Å². The van der Waals surface area contributed by atoms with Gasteiger partial charge >= 0.3 is 0 Å². The van der Waals surface area contributed by atoms with Gasteiger partial charge in [0.25, 0.3) is 0 Å². The molecule has 0 saturated heterocycles. The first-order valence-electron chi connectivity index (χ1n) is 55.1. The molecule has 7 heteroatoms. The normalized spacial score (nSPS) is 15.7. The van der Waals surface area contributed by atoms with E-state index in [2.05, 4.69) is 393 Å². The number of thioether (sulfide) groups is 1. The van der Waals surface area contributed by atoms with E-state index in [0.29, 0.717) is 102 Å². The number of para-hydroxylation sites is 2. The molecule has 0 radical (unpaired) electrons. The predicted molar refractivity (Wildman–Crippen MR) is 626 cm³/mol. The monoisotopic (exact) mass is 1960 g/mol. The summed E-state index contributed by atoms with van der Waals surface area (Å²) in [6.45, 7) is 63.2. The molecule has 0 spiro atoms. The number of benzene rings is 14. The zero-order chi connectivity index (χ0) is 105. The van der Waals surface area contributed by atoms with Crippen LogP contribution in [0, 0.1) is 41.4 Å². The van der Waals surface area contributed by atoms with Crippen LogP contribution in [0.3, 0.4) is 0 Å². The fraction of sp³-hybridized carbons (Fsp3) is 0.387. The lowest BCUT2D eigenvalue weighted by molar-refractivity contribution is 0.103. The number of sulfone groups is 1. The van der Waals surface area contributed by atoms with Gasteiger partial charge in [-0.15, -0.1) is 11.8 Å². The van der Waals surface area contributed by atoms with Gasteiger partial charge in [0, 0.05) is 69.9 Å². The van der Waals surface area contributed by atoms with Gasteiger partial charge in [-0.1, -0.05) is 509 Å². The van der Waals surface area contributed by atoms with Crippen LogP contribution >= 0.6 is 11.8 Å². The van der Waals surface area contributed by atoms with Crippen molar-refractivity contribution in [3.63, 3.8) is 0 Å². The van der Waals surface area contributed by atoms with Crippen molar-refractivity contribution in [1.82, 2.24) is 0 Å². The highest BCUT2D eigenvalue weighted by Gasteiger charge is 2.36. The van der Waals surface area contributed by atoms with Crippen molar-refractivity contribution >= 4 is 27.3 Å². The minimum absolute atomic E-state index is 0.101. The highest BCUT2D eigenvalue weighted by atomic mass is 32.2. The van der Waals surface area contributed by atoms with Crippen LogP contribution in [0.25, 0.3) is 0 Å². The van der Waals surface area contributed by atoms with Gasteiger partial charge in [-0.2, -0.15) is 0 Å². The van der Waals surface area contributed by atoms with Gasteiger partial charge in [-0.25, -0.2) is 8.42 Å². The van der Waals surface area contributed by atoms with E-state index in [9.17, 15) is 8.42 Å². The largest absolute Gasteiger partial charge is 0.489 e. The molecular formula is C137H177NO4S2. The van der Waals surface area contributed by atoms with Gasteiger partial charge < -0.3 is 14.8 Å². The molecule has 4 unspecified atom stereocenters. The van der Waals surface area contributed by atoms with Crippen LogP contribution in [0.4, 0.5) is 5.69 Å². The Hall–Kier alpha value is -11.1. The van der Waals surface area contributed by atoms with Crippen LogP contribution in [0.15, 0.2) is 350 Å². The molecule has 0 bridgehead atoms. The Labute approximate surface area is 879 Å². The first-order chi connectivity index (χ1) is 70.1. The zero-order valence-electron chi connectivity index (χ0n) is 93.1. The Morgan fingerprint density at radius 2 is 0.493 bits per heavy atom. The topological polar surface area (TPSA) is 64.6 Å². The zero-order valence-corrected chi connectivity index (χ0v) is 94.8. The smallest absolute Gasteiger partial charge is 0.182 e. The average molecular weight is 1970 g/mol. The van der Waals surface area contributed by atoms with Crippen molar-refractivity contribution < 1.29 is 17.9 Å². The predicted octanol–water partition coefficient (Wildman–Crippen LogP) is 38.8. The Balaban J connectivity index is 0.000000201. The molecule has 1 N–H and O–H groups in total. The maximum Gasteiger partial charge on any atom is 0.182 e. The van der Waals surface area contributed by atoms with Gasteiger partial charge in [-0.3, -0.25) is 0 Å². The van der Waals surface area contributed by atoms with Crippen LogP contribution in [-0.4, -0.2) is 8.42 Å². The molecular weight excluding hydrogens is 1790 g/mol. The van der Waals surface area contributed by atoms with E-state index in [1.54, 1.807) is 28.3 Å². The molecule has 766 valence electrons. The number of ether oxygens (including phenoxy) is 2. The van der Waals surface area contributed by atoms with Crippen molar-refractivity contribution in [2.24, 2.45) is 41.4 Å². The summed E-state index contributed by atoms with van der Waals surface area (Å²) in [4.78, 5) is 1.95. The third-order valence-corrected chi connectivity index (χ3v) is 30.5. The number of aryl methyl sites for hydroxylation is 4. The summed E-state index contributed by atoms with van der Waals surface area (Å²) >= 11 is 1.97. The maximum atomic E-state index is 12.6. The summed E-state index contributed by atoms with van der Waals surface area (Å²) in [7, 11) is -3.26. The fourth-order valence-corrected chi connectivity index (χ4v) is 24.6. The van der Waals surface area contributed by atoms with Crippen LogP contribution in [0.5, 0.6) is 5.75 Å². The number of rotatable bonds is 7. The second-order valence-corrected chi connectivity index (χ2v) is 41.8. The molecule has 2 aliphatic carbocycles. The second-order valence-electron chi connectivity index (χ2n) is 38.8. The number of hydrogen-bond acceptors (Lipinski definition) is 6. The van der Waals surface area contributed by atoms with Crippen molar-refractivity contribution in [1.29, 1.82) is 0 Å². The van der Waals surface area contributed by atoms with Crippen LogP contribution in [-0.2, 0) is 78.1 Å². The lowest BCUT2D eigenvalue weighted by atomic mass is 9.76. The minimum Gasteiger partial charge on any atom is -0.489 e. The molecule has 5 aliphatic heterocycles. The third-order valence-electron chi connectivity index (χ3n) is 27.6. The molecule has 14 aromatic rings. The summed E-state index contributed by atoms with van der Waals surface area (Å²) in [6, 6.07) is 121. The number of hydrogen-bond donors (Lipinski definition) is 1. The Bertz CT molecular complexity index is 5430. The highest BCUT2D eigenvalue weighted by molar-refractivity contribution is 7.98. The lowest BCUT2D eigenvalue weighted by Gasteiger charge is -2.29. The molecule has 144 heavy (non-hydrogen) atoms. The number of nitrogens with one attached hydrogen (secondary N) is 1. The first kappa shape index (κ1) is 118. The minimum atomic E-state index is -3.26. The van der Waals surface area contributed by atoms with Gasteiger partial charge in [0.05, 0.1) is 23.9 Å². The van der Waals surface area contributed by atoms with E-state index in [1.807, 2.05) is 151 Å². The van der Waals surface area contributed by atoms with Gasteiger partial charge in [0.1, 0.15) is 12.4 Å². The second kappa shape index (κ2) is 61.4. The standard InChI is InChI=1S/C19H22.C18H20O.C18H20.C17H19N.C17H18O2S.C17H18O.C17H18S.7C2H6/c1-14(2)19-17-12-5-3-8-15(17)10-7-11-16-9-4-6-13-18(16)19;1-13(2)18-16-9-5-3-7-14(16)11-19-12-15-8-4-6-10-17(15)18;1-13(2)18-16-9-5-3-7-14(16)11-12-15-8-4-6-10-17(15)18;1-12(2)17-14-8-4-3-7-13(14)11-18-16-10-6-5-9-15(16)17;1-12(2)17-14-8-4-3-7-13(14)11-20(18,19)16-10-6-5-9-15(16)17;2*1-12(2)17-14-8-4-3-7-13(14)11-18-16-10-6-5-9-15(16)17;7*1-2/h3-6,8-9,12-14,19H,7,10-11H2,1-2H3;3-10,13,18H,11-12H2,1-2H3;3-10,13,18H,11-12H2,1-2H3;3-10,12,17-18H,11H2,1-2H3;3-10,12,17H,11H2,1-2H3;2*3-10,12,17H,11H2,1-2H3;7*1-2H3. The molecule has 0 amide bonds. The van der Waals surface area contributed by atoms with Gasteiger partial charge in [0.15, 0.2) is 9.84 Å². The molecule has 4 atom stereocenters. The van der Waals surface area contributed by atoms with Crippen molar-refractivity contribution in [3.05, 3.63) is 473 Å². The molecule has 5 nitrogen and oxygen atoms in total. The summed E-state index contributed by atoms with van der Waals surface area (Å²) in [5.74, 6) is 9.42. The van der Waals surface area contributed by atoms with Crippen LogP contribution < -0.4 is 10.1 Å². The summed E-state index contributed by atoms with van der Waals surface area (Å²) in [5.41, 5.74) is 35.0. The molecule has 5 heterocycles. The quantitative estimate of drug-likeness (QED) is 0.172. The summed E-state index contributed by atoms with van der Waals surface area (Å²) in [6.07, 6.45) is 6.05. The number of anilines is 1. The van der Waals surface area contributed by atoms with E-state index >= 15 is 0 Å². The van der Waals surface area contributed by atoms with E-state index in [1.165, 1.54) is 137 Å². The molecule has 21 rings (SSSR count). The fourth-order valence-electron chi connectivity index (χ4n) is 21.8. The summed E-state index contributed by atoms with van der Waals surface area (Å²) < 4.78 is 37.1. The Morgan fingerprint density at radius 3 is 0.896 bits per heavy atom. The van der Waals surface area contributed by atoms with E-state index < -0.39 is 9.84 Å². The molecule has 7 aliphatic rings. The van der Waals surface area contributed by atoms with Crippen LogP contribution in [0.1, 0.15) is 375 Å². The van der Waals surface area contributed by atoms with Crippen molar-refractivity contribution in [2.75, 3.05) is 5.32 Å². The van der Waals surface area contributed by atoms with E-state index in [-0.39, 0.29) is 11.7 Å². The summed E-state index contributed by atoms with van der Waals surface area (Å²) in [5, 5.41) is 3.57. The molecule has 0 aromatic heterocycles. The molecule has 0 fully saturated rings. The average Bonchev–Trinajstić information content (AvgIpc) is 1.63. The molecule has 0 saturated carbocycles. The van der Waals surface area contributed by atoms with Gasteiger partial charge in [0.2, 0.25) is 0 Å². The lowest BCUT2D eigenvalue weighted by Crippen LogP contribution is -2.16. The highest BCUT2D eigenvalue weighted by Crippen LogP contribution is 2.49. The van der Waals surface area contributed by atoms with E-state index in [0.717, 1.165) is 34.7 Å². The first-order valence-corrected chi connectivity index (χ1v) is 57.7. The van der Waals surface area contributed by atoms with Crippen molar-refractivity contribution in [3.8, 4) is 5.75 Å². The van der Waals surface area contributed by atoms with Gasteiger partial charge in [-0.05, 0) is 226 Å². The number of fused-ring (bicyclic) bond motifs is 14. The SMILES string of the molecule is CC.CC.CC.CC.CC.CC.CC.CC(C)C1c2ccccc2CCCc2ccccc21.CC(C)C1c2ccccc2CCc2ccccc21.CC(C)C1c2ccccc2CNc2ccccc21.CC(C)C1c2ccccc2COCc2ccccc21.CC(C)C1c2ccccc2COc2ccccc21.CC(C)C1c2ccccc2CS(=O)(=O)c2ccccc21.CC(C)C1c2ccccc2CSc2ccccc21. The third kappa shape index (κ3) is 30.3.